The molecule has 2 aromatic carbocycles. The summed E-state index contributed by atoms with van der Waals surface area (Å²) in [7, 11) is 1.84. The van der Waals surface area contributed by atoms with Crippen LogP contribution in [0.4, 0.5) is 5.69 Å². The van der Waals surface area contributed by atoms with Crippen molar-refractivity contribution < 1.29 is 9.53 Å². The van der Waals surface area contributed by atoms with Crippen LogP contribution in [0.3, 0.4) is 0 Å². The number of nitriles is 1. The first-order valence-corrected chi connectivity index (χ1v) is 8.51. The maximum Gasteiger partial charge on any atom is 0.262 e. The molecule has 1 amide bonds. The van der Waals surface area contributed by atoms with Crippen LogP contribution in [0.2, 0.25) is 0 Å². The van der Waals surface area contributed by atoms with Gasteiger partial charge in [0.1, 0.15) is 5.75 Å². The Hall–Kier alpha value is -3.59. The molecule has 3 aromatic rings. The third-order valence-corrected chi connectivity index (χ3v) is 4.35. The Bertz CT molecular complexity index is 996. The van der Waals surface area contributed by atoms with E-state index in [9.17, 15) is 4.79 Å². The Kier molecular flexibility index (Phi) is 5.23. The highest BCUT2D eigenvalue weighted by Crippen LogP contribution is 2.23. The Morgan fingerprint density at radius 1 is 1.11 bits per heavy atom. The number of hydrogen-bond donors (Lipinski definition) is 1. The van der Waals surface area contributed by atoms with E-state index in [0.717, 1.165) is 28.2 Å². The topological polar surface area (TPSA) is 79.9 Å². The lowest BCUT2D eigenvalue weighted by atomic mass is 10.0. The Morgan fingerprint density at radius 2 is 1.70 bits per heavy atom. The average molecular weight is 360 g/mol. The maximum absolute atomic E-state index is 12.1. The second-order valence-corrected chi connectivity index (χ2v) is 6.22. The molecular formula is C21H20N4O2. The number of carbonyl (C=O) groups excluding carboxylic acids is 1. The highest BCUT2D eigenvalue weighted by molar-refractivity contribution is 5.93. The molecule has 0 unspecified atom stereocenters. The summed E-state index contributed by atoms with van der Waals surface area (Å²) in [6.45, 7) is 3.67. The van der Waals surface area contributed by atoms with Crippen molar-refractivity contribution in [1.29, 1.82) is 5.26 Å². The van der Waals surface area contributed by atoms with Crippen LogP contribution in [0, 0.1) is 25.2 Å². The van der Waals surface area contributed by atoms with Crippen molar-refractivity contribution in [3.05, 3.63) is 65.5 Å². The molecule has 0 aliphatic rings. The first-order chi connectivity index (χ1) is 13.0. The van der Waals surface area contributed by atoms with E-state index in [0.29, 0.717) is 11.3 Å². The van der Waals surface area contributed by atoms with Gasteiger partial charge in [-0.25, -0.2) is 0 Å². The zero-order valence-electron chi connectivity index (χ0n) is 15.5. The number of aryl methyl sites for hydroxylation is 2. The minimum absolute atomic E-state index is 0.0794. The molecular weight excluding hydrogens is 340 g/mol. The van der Waals surface area contributed by atoms with Crippen molar-refractivity contribution in [1.82, 2.24) is 9.78 Å². The second kappa shape index (κ2) is 7.75. The number of ether oxygens (including phenoxy) is 1. The fourth-order valence-electron chi connectivity index (χ4n) is 2.76. The molecule has 0 aliphatic carbocycles. The van der Waals surface area contributed by atoms with Gasteiger partial charge >= 0.3 is 0 Å². The molecule has 27 heavy (non-hydrogen) atoms. The highest BCUT2D eigenvalue weighted by atomic mass is 16.5. The Balaban J connectivity index is 1.59. The van der Waals surface area contributed by atoms with Gasteiger partial charge in [-0.05, 0) is 49.2 Å². The summed E-state index contributed by atoms with van der Waals surface area (Å²) in [5.41, 5.74) is 5.05. The normalized spacial score (nSPS) is 10.3. The van der Waals surface area contributed by atoms with E-state index in [1.807, 2.05) is 57.3 Å². The number of aromatic nitrogens is 2. The molecule has 0 aliphatic heterocycles. The van der Waals surface area contributed by atoms with Gasteiger partial charge < -0.3 is 10.1 Å². The molecule has 1 N–H and O–H groups in total. The molecule has 0 radical (unpaired) electrons. The maximum atomic E-state index is 12.1. The highest BCUT2D eigenvalue weighted by Gasteiger charge is 2.12. The number of hydrogen-bond acceptors (Lipinski definition) is 4. The molecule has 0 saturated heterocycles. The lowest BCUT2D eigenvalue weighted by molar-refractivity contribution is -0.118. The van der Waals surface area contributed by atoms with Crippen LogP contribution in [-0.4, -0.2) is 22.3 Å². The summed E-state index contributed by atoms with van der Waals surface area (Å²) in [4.78, 5) is 12.1. The predicted octanol–water partition coefficient (Wildman–Crippen LogP) is 3.59. The van der Waals surface area contributed by atoms with Gasteiger partial charge in [-0.15, -0.1) is 0 Å². The minimum Gasteiger partial charge on any atom is -0.484 e. The molecule has 6 heteroatoms. The van der Waals surface area contributed by atoms with Gasteiger partial charge in [0.05, 0.1) is 28.7 Å². The van der Waals surface area contributed by atoms with E-state index in [1.54, 1.807) is 16.8 Å². The molecule has 0 saturated carbocycles. The molecule has 0 bridgehead atoms. The minimum atomic E-state index is -0.231. The van der Waals surface area contributed by atoms with Gasteiger partial charge in [0.15, 0.2) is 6.61 Å². The summed E-state index contributed by atoms with van der Waals surface area (Å²) in [5.74, 6) is 0.382. The van der Waals surface area contributed by atoms with Crippen LogP contribution in [0.25, 0.3) is 11.1 Å². The number of carbonyl (C=O) groups is 1. The van der Waals surface area contributed by atoms with E-state index in [1.165, 1.54) is 0 Å². The monoisotopic (exact) mass is 360 g/mol. The summed E-state index contributed by atoms with van der Waals surface area (Å²) in [6.07, 6.45) is 0. The van der Waals surface area contributed by atoms with Crippen LogP contribution in [0.1, 0.15) is 17.0 Å². The quantitative estimate of drug-likeness (QED) is 0.754. The smallest absolute Gasteiger partial charge is 0.262 e. The summed E-state index contributed by atoms with van der Waals surface area (Å²) < 4.78 is 7.30. The number of amides is 1. The molecule has 0 spiro atoms. The van der Waals surface area contributed by atoms with Crippen LogP contribution in [-0.2, 0) is 11.8 Å². The van der Waals surface area contributed by atoms with E-state index < -0.39 is 0 Å². The average Bonchev–Trinajstić information content (AvgIpc) is 2.93. The summed E-state index contributed by atoms with van der Waals surface area (Å²) >= 11 is 0. The van der Waals surface area contributed by atoms with Crippen molar-refractivity contribution in [2.75, 3.05) is 11.9 Å². The van der Waals surface area contributed by atoms with Gasteiger partial charge in [-0.3, -0.25) is 9.48 Å². The van der Waals surface area contributed by atoms with Crippen LogP contribution < -0.4 is 10.1 Å². The molecule has 0 fully saturated rings. The summed E-state index contributed by atoms with van der Waals surface area (Å²) in [6, 6.07) is 17.0. The van der Waals surface area contributed by atoms with Crippen LogP contribution in [0.15, 0.2) is 48.5 Å². The molecule has 0 atom stereocenters. The number of benzene rings is 2. The lowest BCUT2D eigenvalue weighted by Gasteiger charge is -2.09. The molecule has 1 aromatic heterocycles. The SMILES string of the molecule is Cc1nn(C)c(C)c1NC(=O)COc1ccc(-c2ccc(C#N)cc2)cc1. The number of nitrogens with zero attached hydrogens (tertiary/aromatic N) is 3. The molecule has 6 nitrogen and oxygen atoms in total. The standard InChI is InChI=1S/C21H20N4O2/c1-14-21(15(2)25(3)24-14)23-20(26)13-27-19-10-8-18(9-11-19)17-6-4-16(12-22)5-7-17/h4-11H,13H2,1-3H3,(H,23,26). The van der Waals surface area contributed by atoms with E-state index in [2.05, 4.69) is 16.5 Å². The third-order valence-electron chi connectivity index (χ3n) is 4.35. The largest absolute Gasteiger partial charge is 0.484 e. The van der Waals surface area contributed by atoms with Crippen molar-refractivity contribution in [3.8, 4) is 22.9 Å². The lowest BCUT2D eigenvalue weighted by Crippen LogP contribution is -2.20. The van der Waals surface area contributed by atoms with Gasteiger partial charge in [0.2, 0.25) is 0 Å². The van der Waals surface area contributed by atoms with E-state index in [-0.39, 0.29) is 12.5 Å². The molecule has 3 rings (SSSR count). The number of anilines is 1. The van der Waals surface area contributed by atoms with E-state index in [4.69, 9.17) is 10.00 Å². The number of rotatable bonds is 5. The summed E-state index contributed by atoms with van der Waals surface area (Å²) in [5, 5.41) is 16.0. The van der Waals surface area contributed by atoms with Crippen molar-refractivity contribution in [2.24, 2.45) is 7.05 Å². The van der Waals surface area contributed by atoms with Gasteiger partial charge in [-0.1, -0.05) is 24.3 Å². The predicted molar refractivity (Wildman–Crippen MR) is 103 cm³/mol. The van der Waals surface area contributed by atoms with Gasteiger partial charge in [0.25, 0.3) is 5.91 Å². The van der Waals surface area contributed by atoms with E-state index >= 15 is 0 Å². The third kappa shape index (κ3) is 4.15. The van der Waals surface area contributed by atoms with Crippen LogP contribution in [0.5, 0.6) is 5.75 Å². The van der Waals surface area contributed by atoms with Gasteiger partial charge in [0, 0.05) is 7.05 Å². The fourth-order valence-corrected chi connectivity index (χ4v) is 2.76. The molecule has 136 valence electrons. The van der Waals surface area contributed by atoms with Crippen molar-refractivity contribution in [2.45, 2.75) is 13.8 Å². The zero-order chi connectivity index (χ0) is 19.4. The first-order valence-electron chi connectivity index (χ1n) is 8.51. The van der Waals surface area contributed by atoms with Crippen molar-refractivity contribution in [3.63, 3.8) is 0 Å². The van der Waals surface area contributed by atoms with Crippen molar-refractivity contribution >= 4 is 11.6 Å². The Labute approximate surface area is 158 Å². The zero-order valence-corrected chi connectivity index (χ0v) is 15.5. The second-order valence-electron chi connectivity index (χ2n) is 6.22. The number of nitrogens with one attached hydrogen (secondary N) is 1. The molecule has 1 heterocycles. The fraction of sp³-hybridized carbons (Fsp3) is 0.190. The Morgan fingerprint density at radius 3 is 2.22 bits per heavy atom. The van der Waals surface area contributed by atoms with Gasteiger partial charge in [-0.2, -0.15) is 10.4 Å². The van der Waals surface area contributed by atoms with Crippen LogP contribution >= 0.6 is 0 Å². The first kappa shape index (κ1) is 18.2.